The van der Waals surface area contributed by atoms with Crippen LogP contribution in [0.5, 0.6) is 5.75 Å². The molecule has 2 rings (SSSR count). The summed E-state index contributed by atoms with van der Waals surface area (Å²) in [5, 5.41) is 3.14. The number of benzene rings is 1. The van der Waals surface area contributed by atoms with Crippen LogP contribution in [-0.2, 0) is 14.8 Å². The number of nitrogens with zero attached hydrogens (tertiary/aromatic N) is 1. The first-order valence-electron chi connectivity index (χ1n) is 6.87. The number of ether oxygens (including phenoxy) is 2. The molecule has 0 aromatic heterocycles. The zero-order valence-electron chi connectivity index (χ0n) is 12.8. The molecule has 1 aliphatic heterocycles. The van der Waals surface area contributed by atoms with Crippen LogP contribution in [-0.4, -0.2) is 59.1 Å². The summed E-state index contributed by atoms with van der Waals surface area (Å²) in [7, 11) is 0.555. The van der Waals surface area contributed by atoms with Gasteiger partial charge in [0.25, 0.3) is 0 Å². The van der Waals surface area contributed by atoms with Crippen molar-refractivity contribution in [1.29, 1.82) is 0 Å². The van der Waals surface area contributed by atoms with Crippen molar-refractivity contribution in [3.8, 4) is 5.75 Å². The van der Waals surface area contributed by atoms with Gasteiger partial charge in [0, 0.05) is 25.7 Å². The second-order valence-electron chi connectivity index (χ2n) is 5.02. The van der Waals surface area contributed by atoms with Crippen LogP contribution in [0.1, 0.15) is 16.8 Å². The summed E-state index contributed by atoms with van der Waals surface area (Å²) in [6.07, 6.45) is 0.771. The Bertz CT molecular complexity index is 653. The van der Waals surface area contributed by atoms with Crippen LogP contribution in [0.4, 0.5) is 0 Å². The molecule has 0 amide bonds. The Morgan fingerprint density at radius 2 is 2.09 bits per heavy atom. The van der Waals surface area contributed by atoms with Crippen molar-refractivity contribution in [2.75, 3.05) is 34.4 Å². The van der Waals surface area contributed by atoms with Gasteiger partial charge in [-0.1, -0.05) is 0 Å². The van der Waals surface area contributed by atoms with E-state index in [0.717, 1.165) is 13.0 Å². The molecule has 8 heteroatoms. The maximum absolute atomic E-state index is 12.7. The van der Waals surface area contributed by atoms with Gasteiger partial charge in [-0.25, -0.2) is 13.2 Å². The maximum atomic E-state index is 12.7. The van der Waals surface area contributed by atoms with Gasteiger partial charge in [0.05, 0.1) is 19.1 Å². The minimum absolute atomic E-state index is 0.0729. The van der Waals surface area contributed by atoms with Crippen LogP contribution < -0.4 is 10.1 Å². The van der Waals surface area contributed by atoms with Crippen molar-refractivity contribution < 1.29 is 22.7 Å². The molecule has 0 spiro atoms. The minimum Gasteiger partial charge on any atom is -0.496 e. The summed E-state index contributed by atoms with van der Waals surface area (Å²) >= 11 is 0. The number of esters is 1. The number of hydrogen-bond donors (Lipinski definition) is 1. The Labute approximate surface area is 130 Å². The van der Waals surface area contributed by atoms with Gasteiger partial charge in [-0.15, -0.1) is 0 Å². The average Bonchev–Trinajstić information content (AvgIpc) is 3.06. The average molecular weight is 328 g/mol. The Balaban J connectivity index is 2.37. The fraction of sp³-hybridized carbons (Fsp3) is 0.500. The molecule has 0 aliphatic carbocycles. The number of carbonyl (C=O) groups is 1. The van der Waals surface area contributed by atoms with E-state index < -0.39 is 16.0 Å². The van der Waals surface area contributed by atoms with Gasteiger partial charge in [-0.2, -0.15) is 4.31 Å². The van der Waals surface area contributed by atoms with Crippen LogP contribution in [0.15, 0.2) is 23.1 Å². The molecule has 1 N–H and O–H groups in total. The lowest BCUT2D eigenvalue weighted by Gasteiger charge is -2.23. The predicted octanol–water partition coefficient (Wildman–Crippen LogP) is 0.464. The van der Waals surface area contributed by atoms with Gasteiger partial charge in [-0.3, -0.25) is 0 Å². The zero-order valence-corrected chi connectivity index (χ0v) is 13.6. The smallest absolute Gasteiger partial charge is 0.341 e. The molecule has 122 valence electrons. The van der Waals surface area contributed by atoms with E-state index in [1.165, 1.54) is 36.7 Å². The van der Waals surface area contributed by atoms with E-state index in [1.54, 1.807) is 7.05 Å². The molecule has 1 saturated heterocycles. The highest BCUT2D eigenvalue weighted by molar-refractivity contribution is 7.89. The Kier molecular flexibility index (Phi) is 5.05. The van der Waals surface area contributed by atoms with Crippen LogP contribution >= 0.6 is 0 Å². The van der Waals surface area contributed by atoms with Crippen LogP contribution in [0, 0.1) is 0 Å². The number of rotatable bonds is 5. The molecular weight excluding hydrogens is 308 g/mol. The van der Waals surface area contributed by atoms with E-state index in [4.69, 9.17) is 4.74 Å². The SMILES string of the molecule is COC(=O)c1ccc(S(=O)(=O)N(C)C2CCNC2)cc1OC. The molecule has 1 unspecified atom stereocenters. The summed E-state index contributed by atoms with van der Waals surface area (Å²) in [4.78, 5) is 11.7. The van der Waals surface area contributed by atoms with E-state index in [1.807, 2.05) is 0 Å². The van der Waals surface area contributed by atoms with E-state index >= 15 is 0 Å². The Morgan fingerprint density at radius 3 is 2.64 bits per heavy atom. The van der Waals surface area contributed by atoms with Crippen molar-refractivity contribution in [2.45, 2.75) is 17.4 Å². The van der Waals surface area contributed by atoms with Crippen molar-refractivity contribution in [3.63, 3.8) is 0 Å². The molecule has 1 aromatic carbocycles. The molecule has 1 atom stereocenters. The summed E-state index contributed by atoms with van der Waals surface area (Å²) < 4.78 is 36.4. The van der Waals surface area contributed by atoms with Crippen LogP contribution in [0.3, 0.4) is 0 Å². The summed E-state index contributed by atoms with van der Waals surface area (Å²) in [5.74, 6) is -0.403. The van der Waals surface area contributed by atoms with E-state index in [9.17, 15) is 13.2 Å². The highest BCUT2D eigenvalue weighted by Gasteiger charge is 2.30. The third-order valence-electron chi connectivity index (χ3n) is 3.80. The number of sulfonamides is 1. The van der Waals surface area contributed by atoms with Crippen LogP contribution in [0.2, 0.25) is 0 Å². The zero-order chi connectivity index (χ0) is 16.3. The standard InChI is InChI=1S/C14H20N2O5S/c1-16(10-6-7-15-9-10)22(18,19)11-4-5-12(14(17)21-3)13(8-11)20-2/h4-5,8,10,15H,6-7,9H2,1-3H3. The van der Waals surface area contributed by atoms with Crippen LogP contribution in [0.25, 0.3) is 0 Å². The van der Waals surface area contributed by atoms with Crippen molar-refractivity contribution in [3.05, 3.63) is 23.8 Å². The number of likely N-dealkylation sites (N-methyl/N-ethyl adjacent to an activating group) is 1. The third kappa shape index (κ3) is 3.08. The van der Waals surface area contributed by atoms with Gasteiger partial charge in [-0.05, 0) is 25.1 Å². The second-order valence-corrected chi connectivity index (χ2v) is 7.02. The fourth-order valence-corrected chi connectivity index (χ4v) is 3.82. The molecule has 22 heavy (non-hydrogen) atoms. The number of hydrogen-bond acceptors (Lipinski definition) is 6. The maximum Gasteiger partial charge on any atom is 0.341 e. The van der Waals surface area contributed by atoms with Gasteiger partial charge in [0.2, 0.25) is 10.0 Å². The molecule has 7 nitrogen and oxygen atoms in total. The first-order valence-corrected chi connectivity index (χ1v) is 8.31. The lowest BCUT2D eigenvalue weighted by atomic mass is 10.2. The highest BCUT2D eigenvalue weighted by atomic mass is 32.2. The normalized spacial score (nSPS) is 18.5. The number of carbonyl (C=O) groups excluding carboxylic acids is 1. The molecule has 0 bridgehead atoms. The third-order valence-corrected chi connectivity index (χ3v) is 5.71. The number of nitrogens with one attached hydrogen (secondary N) is 1. The summed E-state index contributed by atoms with van der Waals surface area (Å²) in [6, 6.07) is 4.07. The molecule has 0 radical (unpaired) electrons. The van der Waals surface area contributed by atoms with Gasteiger partial charge in [0.1, 0.15) is 11.3 Å². The summed E-state index contributed by atoms with van der Waals surface area (Å²) in [5.41, 5.74) is 0.189. The molecule has 1 heterocycles. The van der Waals surface area contributed by atoms with E-state index in [0.29, 0.717) is 6.54 Å². The lowest BCUT2D eigenvalue weighted by Crippen LogP contribution is -2.38. The van der Waals surface area contributed by atoms with E-state index in [2.05, 4.69) is 10.1 Å². The van der Waals surface area contributed by atoms with Gasteiger partial charge >= 0.3 is 5.97 Å². The monoisotopic (exact) mass is 328 g/mol. The molecule has 1 aliphatic rings. The van der Waals surface area contributed by atoms with Crippen molar-refractivity contribution in [1.82, 2.24) is 9.62 Å². The Hall–Kier alpha value is -1.64. The second kappa shape index (κ2) is 6.64. The van der Waals surface area contributed by atoms with Gasteiger partial charge < -0.3 is 14.8 Å². The first kappa shape index (κ1) is 16.7. The topological polar surface area (TPSA) is 84.9 Å². The highest BCUT2D eigenvalue weighted by Crippen LogP contribution is 2.26. The fourth-order valence-electron chi connectivity index (χ4n) is 2.42. The minimum atomic E-state index is -3.64. The molecular formula is C14H20N2O5S. The van der Waals surface area contributed by atoms with E-state index in [-0.39, 0.29) is 22.3 Å². The van der Waals surface area contributed by atoms with Crippen molar-refractivity contribution >= 4 is 16.0 Å². The van der Waals surface area contributed by atoms with Gasteiger partial charge in [0.15, 0.2) is 0 Å². The Morgan fingerprint density at radius 1 is 1.36 bits per heavy atom. The van der Waals surface area contributed by atoms with Crippen molar-refractivity contribution in [2.24, 2.45) is 0 Å². The molecule has 0 saturated carbocycles. The predicted molar refractivity (Wildman–Crippen MR) is 80.6 cm³/mol. The molecule has 1 aromatic rings. The lowest BCUT2D eigenvalue weighted by molar-refractivity contribution is 0.0597. The quantitative estimate of drug-likeness (QED) is 0.791. The first-order chi connectivity index (χ1) is 10.4. The number of methoxy groups -OCH3 is 2. The summed E-state index contributed by atoms with van der Waals surface area (Å²) in [6.45, 7) is 1.43. The molecule has 1 fully saturated rings. The largest absolute Gasteiger partial charge is 0.496 e.